The molecule has 1 aliphatic heterocycles. The average molecular weight is 381 g/mol. The van der Waals surface area contributed by atoms with Crippen LogP contribution in [0.2, 0.25) is 0 Å². The smallest absolute Gasteiger partial charge is 0.213 e. The number of ether oxygens (including phenoxy) is 1. The monoisotopic (exact) mass is 380 g/mol. The lowest BCUT2D eigenvalue weighted by molar-refractivity contribution is 0.0459. The van der Waals surface area contributed by atoms with E-state index >= 15 is 0 Å². The SMILES string of the molecule is Cc1cnn([C@H]2C[C@H]3CN(CC4CCCC4)C[C@H]3C[C@@H]2Oc2ccccn2)c1. The Morgan fingerprint density at radius 2 is 1.93 bits per heavy atom. The molecule has 0 N–H and O–H groups in total. The van der Waals surface area contributed by atoms with Crippen molar-refractivity contribution >= 4 is 0 Å². The van der Waals surface area contributed by atoms with Gasteiger partial charge in [-0.2, -0.15) is 5.10 Å². The van der Waals surface area contributed by atoms with Crippen LogP contribution in [0.4, 0.5) is 0 Å². The van der Waals surface area contributed by atoms with Crippen LogP contribution < -0.4 is 4.74 Å². The summed E-state index contributed by atoms with van der Waals surface area (Å²) in [4.78, 5) is 7.16. The topological polar surface area (TPSA) is 43.2 Å². The van der Waals surface area contributed by atoms with E-state index in [1.807, 2.05) is 30.6 Å². The van der Waals surface area contributed by atoms with Crippen molar-refractivity contribution in [2.45, 2.75) is 57.6 Å². The number of fused-ring (bicyclic) bond motifs is 1. The predicted molar refractivity (Wildman–Crippen MR) is 109 cm³/mol. The number of aryl methyl sites for hydroxylation is 1. The summed E-state index contributed by atoms with van der Waals surface area (Å²) in [5.74, 6) is 3.17. The molecule has 0 aromatic carbocycles. The van der Waals surface area contributed by atoms with Gasteiger partial charge >= 0.3 is 0 Å². The fourth-order valence-electron chi connectivity index (χ4n) is 5.79. The highest BCUT2D eigenvalue weighted by Crippen LogP contribution is 2.43. The van der Waals surface area contributed by atoms with Gasteiger partial charge in [-0.1, -0.05) is 18.9 Å². The maximum Gasteiger partial charge on any atom is 0.213 e. The van der Waals surface area contributed by atoms with Crippen molar-refractivity contribution in [3.63, 3.8) is 0 Å². The highest BCUT2D eigenvalue weighted by Gasteiger charge is 2.44. The highest BCUT2D eigenvalue weighted by molar-refractivity contribution is 5.11. The third-order valence-corrected chi connectivity index (χ3v) is 7.13. The number of hydrogen-bond donors (Lipinski definition) is 0. The van der Waals surface area contributed by atoms with Crippen LogP contribution in [0.5, 0.6) is 5.88 Å². The number of hydrogen-bond acceptors (Lipinski definition) is 4. The van der Waals surface area contributed by atoms with E-state index in [2.05, 4.69) is 32.8 Å². The van der Waals surface area contributed by atoms with Gasteiger partial charge in [-0.15, -0.1) is 0 Å². The number of nitrogens with zero attached hydrogens (tertiary/aromatic N) is 4. The van der Waals surface area contributed by atoms with Crippen LogP contribution in [0.3, 0.4) is 0 Å². The minimum Gasteiger partial charge on any atom is -0.472 e. The van der Waals surface area contributed by atoms with Crippen LogP contribution >= 0.6 is 0 Å². The van der Waals surface area contributed by atoms with Crippen LogP contribution in [0.1, 0.15) is 50.1 Å². The zero-order valence-corrected chi connectivity index (χ0v) is 16.9. The molecule has 1 saturated heterocycles. The summed E-state index contributed by atoms with van der Waals surface area (Å²) >= 11 is 0. The molecule has 0 radical (unpaired) electrons. The van der Waals surface area contributed by atoms with Gasteiger partial charge in [0, 0.05) is 38.1 Å². The summed E-state index contributed by atoms with van der Waals surface area (Å²) in [6.45, 7) is 5.93. The van der Waals surface area contributed by atoms with E-state index in [1.54, 1.807) is 0 Å². The summed E-state index contributed by atoms with van der Waals surface area (Å²) in [6.07, 6.45) is 14.1. The third kappa shape index (κ3) is 3.82. The summed E-state index contributed by atoms with van der Waals surface area (Å²) in [5.41, 5.74) is 1.22. The van der Waals surface area contributed by atoms with E-state index in [0.29, 0.717) is 6.04 Å². The van der Waals surface area contributed by atoms with Gasteiger partial charge < -0.3 is 9.64 Å². The Bertz CT molecular complexity index is 770. The molecule has 3 fully saturated rings. The number of likely N-dealkylation sites (tertiary alicyclic amines) is 1. The van der Waals surface area contributed by atoms with Gasteiger partial charge in [0.1, 0.15) is 6.10 Å². The van der Waals surface area contributed by atoms with Crippen LogP contribution in [0.25, 0.3) is 0 Å². The predicted octanol–water partition coefficient (Wildman–Crippen LogP) is 4.11. The van der Waals surface area contributed by atoms with Crippen molar-refractivity contribution in [3.8, 4) is 5.88 Å². The Hall–Kier alpha value is -1.88. The molecule has 3 aliphatic rings. The zero-order valence-electron chi connectivity index (χ0n) is 16.9. The molecule has 5 heteroatoms. The first-order valence-corrected chi connectivity index (χ1v) is 11.1. The normalized spacial score (nSPS) is 31.2. The molecular weight excluding hydrogens is 348 g/mol. The molecule has 4 atom stereocenters. The molecule has 0 bridgehead atoms. The summed E-state index contributed by atoms with van der Waals surface area (Å²) in [6, 6.07) is 6.21. The molecule has 5 rings (SSSR count). The Labute approximate surface area is 168 Å². The van der Waals surface area contributed by atoms with E-state index in [0.717, 1.165) is 36.5 Å². The first-order valence-electron chi connectivity index (χ1n) is 11.1. The van der Waals surface area contributed by atoms with Crippen LogP contribution in [-0.4, -0.2) is 45.4 Å². The molecule has 150 valence electrons. The third-order valence-electron chi connectivity index (χ3n) is 7.13. The molecule has 2 aromatic heterocycles. The molecule has 0 spiro atoms. The van der Waals surface area contributed by atoms with Crippen LogP contribution in [0.15, 0.2) is 36.8 Å². The van der Waals surface area contributed by atoms with E-state index < -0.39 is 0 Å². The summed E-state index contributed by atoms with van der Waals surface area (Å²) < 4.78 is 8.57. The van der Waals surface area contributed by atoms with E-state index in [4.69, 9.17) is 4.74 Å². The molecule has 2 aliphatic carbocycles. The second kappa shape index (κ2) is 7.86. The number of pyridine rings is 1. The van der Waals surface area contributed by atoms with Crippen molar-refractivity contribution in [3.05, 3.63) is 42.4 Å². The molecule has 28 heavy (non-hydrogen) atoms. The standard InChI is InChI=1S/C23H32N4O/c1-17-12-25-27(13-17)21-10-19-15-26(14-18-6-2-3-7-18)16-20(19)11-22(21)28-23-8-4-5-9-24-23/h4-5,8-9,12-13,18-22H,2-3,6-7,10-11,14-16H2,1H3/t19-,20+,21-,22-/m0/s1. The molecule has 5 nitrogen and oxygen atoms in total. The van der Waals surface area contributed by atoms with Crippen molar-refractivity contribution in [2.75, 3.05) is 19.6 Å². The Kier molecular flexibility index (Phi) is 5.10. The van der Waals surface area contributed by atoms with E-state index in [-0.39, 0.29) is 6.10 Å². The van der Waals surface area contributed by atoms with Gasteiger partial charge in [0.15, 0.2) is 0 Å². The summed E-state index contributed by atoms with van der Waals surface area (Å²) in [5, 5.41) is 4.65. The lowest BCUT2D eigenvalue weighted by Crippen LogP contribution is -2.40. The summed E-state index contributed by atoms with van der Waals surface area (Å²) in [7, 11) is 0. The van der Waals surface area contributed by atoms with Crippen LogP contribution in [-0.2, 0) is 0 Å². The molecule has 2 aromatic rings. The largest absolute Gasteiger partial charge is 0.472 e. The fraction of sp³-hybridized carbons (Fsp3) is 0.652. The van der Waals surface area contributed by atoms with Crippen molar-refractivity contribution in [1.29, 1.82) is 0 Å². The lowest BCUT2D eigenvalue weighted by atomic mass is 9.77. The van der Waals surface area contributed by atoms with Gasteiger partial charge in [-0.25, -0.2) is 4.98 Å². The number of rotatable bonds is 5. The average Bonchev–Trinajstić information content (AvgIpc) is 3.43. The first kappa shape index (κ1) is 18.2. The Morgan fingerprint density at radius 3 is 2.64 bits per heavy atom. The minimum atomic E-state index is 0.141. The quantitative estimate of drug-likeness (QED) is 0.783. The van der Waals surface area contributed by atoms with Gasteiger partial charge in [-0.3, -0.25) is 4.68 Å². The fourth-order valence-corrected chi connectivity index (χ4v) is 5.79. The molecular formula is C23H32N4O. The molecule has 0 unspecified atom stereocenters. The zero-order chi connectivity index (χ0) is 18.9. The Morgan fingerprint density at radius 1 is 1.11 bits per heavy atom. The molecule has 2 saturated carbocycles. The van der Waals surface area contributed by atoms with Gasteiger partial charge in [0.25, 0.3) is 0 Å². The number of aromatic nitrogens is 3. The second-order valence-corrected chi connectivity index (χ2v) is 9.25. The van der Waals surface area contributed by atoms with Crippen molar-refractivity contribution in [1.82, 2.24) is 19.7 Å². The maximum absolute atomic E-state index is 6.42. The van der Waals surface area contributed by atoms with Crippen LogP contribution in [0, 0.1) is 24.7 Å². The highest BCUT2D eigenvalue weighted by atomic mass is 16.5. The molecule has 0 amide bonds. The second-order valence-electron chi connectivity index (χ2n) is 9.25. The maximum atomic E-state index is 6.42. The van der Waals surface area contributed by atoms with Gasteiger partial charge in [0.05, 0.1) is 12.2 Å². The molecule has 3 heterocycles. The minimum absolute atomic E-state index is 0.141. The Balaban J connectivity index is 1.32. The first-order chi connectivity index (χ1) is 13.7. The lowest BCUT2D eigenvalue weighted by Gasteiger charge is -2.37. The van der Waals surface area contributed by atoms with Crippen molar-refractivity contribution in [2.24, 2.45) is 17.8 Å². The van der Waals surface area contributed by atoms with Gasteiger partial charge in [0.2, 0.25) is 5.88 Å². The van der Waals surface area contributed by atoms with Gasteiger partial charge in [-0.05, 0) is 62.0 Å². The van der Waals surface area contributed by atoms with E-state index in [1.165, 1.54) is 50.9 Å². The van der Waals surface area contributed by atoms with E-state index in [9.17, 15) is 0 Å². The van der Waals surface area contributed by atoms with Crippen molar-refractivity contribution < 1.29 is 4.74 Å².